The maximum Gasteiger partial charge on any atom is 0.0550 e. The molecule has 1 atom stereocenters. The van der Waals surface area contributed by atoms with Crippen LogP contribution >= 0.6 is 27.5 Å². The van der Waals surface area contributed by atoms with Crippen molar-refractivity contribution in [3.63, 3.8) is 0 Å². The SMILES string of the molecule is Clc1cc(CC2CCNC2)ccc1Br. The van der Waals surface area contributed by atoms with Gasteiger partial charge in [-0.15, -0.1) is 0 Å². The Morgan fingerprint density at radius 2 is 2.36 bits per heavy atom. The second-order valence-corrected chi connectivity index (χ2v) is 5.07. The molecule has 0 saturated carbocycles. The molecule has 0 amide bonds. The average molecular weight is 275 g/mol. The molecule has 3 heteroatoms. The highest BCUT2D eigenvalue weighted by molar-refractivity contribution is 9.10. The van der Waals surface area contributed by atoms with Crippen LogP contribution in [0.3, 0.4) is 0 Å². The summed E-state index contributed by atoms with van der Waals surface area (Å²) in [6.07, 6.45) is 2.42. The molecule has 1 unspecified atom stereocenters. The molecule has 0 aliphatic carbocycles. The van der Waals surface area contributed by atoms with E-state index in [9.17, 15) is 0 Å². The second-order valence-electron chi connectivity index (χ2n) is 3.81. The van der Waals surface area contributed by atoms with Gasteiger partial charge in [0.1, 0.15) is 0 Å². The third-order valence-electron chi connectivity index (χ3n) is 2.67. The molecule has 1 fully saturated rings. The van der Waals surface area contributed by atoms with Crippen molar-refractivity contribution in [1.82, 2.24) is 5.32 Å². The summed E-state index contributed by atoms with van der Waals surface area (Å²) in [6.45, 7) is 2.31. The van der Waals surface area contributed by atoms with Gasteiger partial charge < -0.3 is 5.32 Å². The fourth-order valence-electron chi connectivity index (χ4n) is 1.89. The predicted molar refractivity (Wildman–Crippen MR) is 63.8 cm³/mol. The molecular formula is C11H13BrClN. The zero-order valence-electron chi connectivity index (χ0n) is 7.89. The van der Waals surface area contributed by atoms with Gasteiger partial charge in [-0.3, -0.25) is 0 Å². The minimum atomic E-state index is 0.784. The standard InChI is InChI=1S/C11H13BrClN/c12-10-2-1-8(6-11(10)13)5-9-3-4-14-7-9/h1-2,6,9,14H,3-5,7H2. The fourth-order valence-corrected chi connectivity index (χ4v) is 2.34. The number of hydrogen-bond donors (Lipinski definition) is 1. The first-order valence-electron chi connectivity index (χ1n) is 4.90. The van der Waals surface area contributed by atoms with Gasteiger partial charge in [-0.05, 0) is 65.5 Å². The first kappa shape index (κ1) is 10.5. The zero-order chi connectivity index (χ0) is 9.97. The molecule has 1 saturated heterocycles. The van der Waals surface area contributed by atoms with Crippen molar-refractivity contribution < 1.29 is 0 Å². The molecule has 1 aromatic carbocycles. The lowest BCUT2D eigenvalue weighted by atomic mass is 9.99. The monoisotopic (exact) mass is 273 g/mol. The summed E-state index contributed by atoms with van der Waals surface area (Å²) in [4.78, 5) is 0. The van der Waals surface area contributed by atoms with E-state index in [4.69, 9.17) is 11.6 Å². The predicted octanol–water partition coefficient (Wildman–Crippen LogP) is 3.25. The lowest BCUT2D eigenvalue weighted by molar-refractivity contribution is 0.580. The molecule has 1 aliphatic rings. The number of hydrogen-bond acceptors (Lipinski definition) is 1. The lowest BCUT2D eigenvalue weighted by Crippen LogP contribution is -2.10. The highest BCUT2D eigenvalue weighted by atomic mass is 79.9. The molecule has 1 heterocycles. The van der Waals surface area contributed by atoms with Crippen LogP contribution in [0.4, 0.5) is 0 Å². The van der Waals surface area contributed by atoms with Crippen molar-refractivity contribution in [3.8, 4) is 0 Å². The molecule has 76 valence electrons. The molecular weight excluding hydrogens is 261 g/mol. The molecule has 1 N–H and O–H groups in total. The fraction of sp³-hybridized carbons (Fsp3) is 0.455. The van der Waals surface area contributed by atoms with Crippen molar-refractivity contribution in [2.24, 2.45) is 5.92 Å². The van der Waals surface area contributed by atoms with E-state index in [2.05, 4.69) is 33.4 Å². The molecule has 14 heavy (non-hydrogen) atoms. The Bertz CT molecular complexity index is 321. The van der Waals surface area contributed by atoms with Crippen LogP contribution in [0.1, 0.15) is 12.0 Å². The first-order chi connectivity index (χ1) is 6.75. The minimum absolute atomic E-state index is 0.784. The van der Waals surface area contributed by atoms with Gasteiger partial charge >= 0.3 is 0 Å². The Kier molecular flexibility index (Phi) is 3.47. The molecule has 1 nitrogen and oxygen atoms in total. The summed E-state index contributed by atoms with van der Waals surface area (Å²) >= 11 is 9.43. The smallest absolute Gasteiger partial charge is 0.0550 e. The second kappa shape index (κ2) is 4.65. The lowest BCUT2D eigenvalue weighted by Gasteiger charge is -2.08. The maximum atomic E-state index is 6.04. The van der Waals surface area contributed by atoms with E-state index < -0.39 is 0 Å². The highest BCUT2D eigenvalue weighted by Gasteiger charge is 2.14. The van der Waals surface area contributed by atoms with Crippen LogP contribution < -0.4 is 5.32 Å². The van der Waals surface area contributed by atoms with Crippen LogP contribution in [-0.4, -0.2) is 13.1 Å². The number of benzene rings is 1. The Hall–Kier alpha value is -0.0500. The van der Waals surface area contributed by atoms with Crippen LogP contribution in [0.15, 0.2) is 22.7 Å². The Balaban J connectivity index is 2.05. The number of nitrogens with one attached hydrogen (secondary N) is 1. The Labute approximate surface area is 98.0 Å². The molecule has 2 rings (SSSR count). The van der Waals surface area contributed by atoms with Gasteiger partial charge in [0.15, 0.2) is 0 Å². The van der Waals surface area contributed by atoms with E-state index in [0.29, 0.717) is 0 Å². The normalized spacial score (nSPS) is 21.4. The van der Waals surface area contributed by atoms with Gasteiger partial charge in [-0.25, -0.2) is 0 Å². The van der Waals surface area contributed by atoms with E-state index >= 15 is 0 Å². The average Bonchev–Trinajstić information content (AvgIpc) is 2.64. The summed E-state index contributed by atoms with van der Waals surface area (Å²) in [6, 6.07) is 6.23. The highest BCUT2D eigenvalue weighted by Crippen LogP contribution is 2.25. The van der Waals surface area contributed by atoms with Crippen LogP contribution in [0.25, 0.3) is 0 Å². The Morgan fingerprint density at radius 1 is 1.50 bits per heavy atom. The molecule has 0 bridgehead atoms. The van der Waals surface area contributed by atoms with Gasteiger partial charge in [0.2, 0.25) is 0 Å². The number of halogens is 2. The molecule has 0 radical (unpaired) electrons. The summed E-state index contributed by atoms with van der Waals surface area (Å²) < 4.78 is 0.979. The third kappa shape index (κ3) is 2.50. The summed E-state index contributed by atoms with van der Waals surface area (Å²) in [7, 11) is 0. The maximum absolute atomic E-state index is 6.04. The van der Waals surface area contributed by atoms with Crippen LogP contribution in [0.2, 0.25) is 5.02 Å². The van der Waals surface area contributed by atoms with Crippen LogP contribution in [0.5, 0.6) is 0 Å². The molecule has 0 aromatic heterocycles. The van der Waals surface area contributed by atoms with E-state index in [1.807, 2.05) is 6.07 Å². The van der Waals surface area contributed by atoms with Gasteiger partial charge in [0.05, 0.1) is 5.02 Å². The molecule has 1 aliphatic heterocycles. The molecule has 1 aromatic rings. The van der Waals surface area contributed by atoms with E-state index in [0.717, 1.165) is 34.9 Å². The van der Waals surface area contributed by atoms with E-state index in [1.54, 1.807) is 0 Å². The van der Waals surface area contributed by atoms with Gasteiger partial charge in [-0.2, -0.15) is 0 Å². The van der Waals surface area contributed by atoms with Gasteiger partial charge in [-0.1, -0.05) is 17.7 Å². The largest absolute Gasteiger partial charge is 0.316 e. The third-order valence-corrected chi connectivity index (χ3v) is 3.90. The summed E-state index contributed by atoms with van der Waals surface area (Å²) in [5.41, 5.74) is 1.34. The van der Waals surface area contributed by atoms with Gasteiger partial charge in [0, 0.05) is 4.47 Å². The minimum Gasteiger partial charge on any atom is -0.316 e. The van der Waals surface area contributed by atoms with Gasteiger partial charge in [0.25, 0.3) is 0 Å². The topological polar surface area (TPSA) is 12.0 Å². The van der Waals surface area contributed by atoms with Crippen LogP contribution in [-0.2, 0) is 6.42 Å². The van der Waals surface area contributed by atoms with Crippen molar-refractivity contribution in [2.75, 3.05) is 13.1 Å². The van der Waals surface area contributed by atoms with Crippen LogP contribution in [0, 0.1) is 5.92 Å². The van der Waals surface area contributed by atoms with E-state index in [1.165, 1.54) is 12.0 Å². The molecule has 0 spiro atoms. The Morgan fingerprint density at radius 3 is 3.00 bits per heavy atom. The summed E-state index contributed by atoms with van der Waals surface area (Å²) in [5.74, 6) is 0.784. The quantitative estimate of drug-likeness (QED) is 0.873. The first-order valence-corrected chi connectivity index (χ1v) is 6.07. The van der Waals surface area contributed by atoms with Crippen molar-refractivity contribution in [3.05, 3.63) is 33.3 Å². The number of rotatable bonds is 2. The van der Waals surface area contributed by atoms with Crippen molar-refractivity contribution >= 4 is 27.5 Å². The van der Waals surface area contributed by atoms with Crippen molar-refractivity contribution in [1.29, 1.82) is 0 Å². The zero-order valence-corrected chi connectivity index (χ0v) is 10.2. The van der Waals surface area contributed by atoms with Crippen molar-refractivity contribution in [2.45, 2.75) is 12.8 Å². The van der Waals surface area contributed by atoms with E-state index in [-0.39, 0.29) is 0 Å². The summed E-state index contributed by atoms with van der Waals surface area (Å²) in [5, 5.41) is 4.19.